The standard InChI is InChI=1S/C13H21N3O4S/c1-13(2,9-21(14,17)18)8-20-11-4-3-10-7-15-5-6-19-12(10)16-11/h3-4,15H,5-9H2,1-2H3,(H2,14,17,18). The summed E-state index contributed by atoms with van der Waals surface area (Å²) in [5.41, 5.74) is 0.383. The van der Waals surface area contributed by atoms with E-state index in [1.165, 1.54) is 0 Å². The van der Waals surface area contributed by atoms with E-state index in [9.17, 15) is 8.42 Å². The summed E-state index contributed by atoms with van der Waals surface area (Å²) in [4.78, 5) is 4.31. The van der Waals surface area contributed by atoms with Gasteiger partial charge in [0.15, 0.2) is 0 Å². The number of ether oxygens (including phenoxy) is 2. The third kappa shape index (κ3) is 5.14. The lowest BCUT2D eigenvalue weighted by Gasteiger charge is -2.23. The number of nitrogens with two attached hydrogens (primary N) is 1. The van der Waals surface area contributed by atoms with Crippen molar-refractivity contribution in [2.45, 2.75) is 20.4 Å². The molecule has 0 fully saturated rings. The monoisotopic (exact) mass is 315 g/mol. The Hall–Kier alpha value is -1.38. The molecule has 0 radical (unpaired) electrons. The Morgan fingerprint density at radius 3 is 2.95 bits per heavy atom. The number of fused-ring (bicyclic) bond motifs is 1. The van der Waals surface area contributed by atoms with Gasteiger partial charge in [0, 0.05) is 30.1 Å². The van der Waals surface area contributed by atoms with Gasteiger partial charge in [0.05, 0.1) is 12.4 Å². The first-order chi connectivity index (χ1) is 9.75. The average Bonchev–Trinajstić information content (AvgIpc) is 2.58. The summed E-state index contributed by atoms with van der Waals surface area (Å²) >= 11 is 0. The quantitative estimate of drug-likeness (QED) is 0.807. The van der Waals surface area contributed by atoms with E-state index in [0.29, 0.717) is 24.9 Å². The van der Waals surface area contributed by atoms with Crippen molar-refractivity contribution < 1.29 is 17.9 Å². The minimum Gasteiger partial charge on any atom is -0.477 e. The van der Waals surface area contributed by atoms with Crippen LogP contribution in [0.3, 0.4) is 0 Å². The SMILES string of the molecule is CC(C)(COc1ccc2c(n1)OCCNC2)CS(N)(=O)=O. The largest absolute Gasteiger partial charge is 0.477 e. The number of rotatable bonds is 5. The molecule has 1 aromatic rings. The average molecular weight is 315 g/mol. The maximum absolute atomic E-state index is 11.2. The molecule has 0 unspecified atom stereocenters. The van der Waals surface area contributed by atoms with Crippen LogP contribution < -0.4 is 19.9 Å². The Labute approximate surface area is 124 Å². The summed E-state index contributed by atoms with van der Waals surface area (Å²) < 4.78 is 33.5. The second-order valence-corrected chi connectivity index (χ2v) is 7.51. The molecule has 0 amide bonds. The molecule has 2 rings (SSSR count). The third-order valence-corrected chi connectivity index (χ3v) is 4.13. The van der Waals surface area contributed by atoms with Gasteiger partial charge in [-0.15, -0.1) is 0 Å². The van der Waals surface area contributed by atoms with E-state index in [0.717, 1.165) is 12.1 Å². The molecule has 2 heterocycles. The van der Waals surface area contributed by atoms with Crippen molar-refractivity contribution in [3.05, 3.63) is 17.7 Å². The third-order valence-electron chi connectivity index (χ3n) is 2.95. The molecule has 1 aliphatic heterocycles. The normalized spacial score (nSPS) is 15.8. The Morgan fingerprint density at radius 2 is 2.24 bits per heavy atom. The smallest absolute Gasteiger partial charge is 0.221 e. The Morgan fingerprint density at radius 1 is 1.48 bits per heavy atom. The van der Waals surface area contributed by atoms with Gasteiger partial charge in [-0.05, 0) is 6.07 Å². The van der Waals surface area contributed by atoms with Gasteiger partial charge in [-0.1, -0.05) is 13.8 Å². The molecule has 0 saturated carbocycles. The van der Waals surface area contributed by atoms with Crippen LogP contribution in [0, 0.1) is 5.41 Å². The van der Waals surface area contributed by atoms with Crippen LogP contribution in [0.25, 0.3) is 0 Å². The molecule has 0 aliphatic carbocycles. The highest BCUT2D eigenvalue weighted by molar-refractivity contribution is 7.89. The number of nitrogens with zero attached hydrogens (tertiary/aromatic N) is 1. The van der Waals surface area contributed by atoms with Crippen molar-refractivity contribution in [1.82, 2.24) is 10.3 Å². The van der Waals surface area contributed by atoms with Crippen LogP contribution >= 0.6 is 0 Å². The fourth-order valence-corrected chi connectivity index (χ4v) is 3.26. The lowest BCUT2D eigenvalue weighted by atomic mass is 9.98. The summed E-state index contributed by atoms with van der Waals surface area (Å²) in [5.74, 6) is 0.825. The maximum Gasteiger partial charge on any atom is 0.221 e. The molecule has 1 aliphatic rings. The number of primary sulfonamides is 1. The van der Waals surface area contributed by atoms with Crippen molar-refractivity contribution in [1.29, 1.82) is 0 Å². The Bertz CT molecular complexity index is 601. The van der Waals surface area contributed by atoms with Crippen LogP contribution in [-0.4, -0.2) is 38.9 Å². The van der Waals surface area contributed by atoms with Crippen LogP contribution in [0.4, 0.5) is 0 Å². The van der Waals surface area contributed by atoms with Crippen molar-refractivity contribution in [2.75, 3.05) is 25.5 Å². The lowest BCUT2D eigenvalue weighted by molar-refractivity contribution is 0.190. The predicted molar refractivity (Wildman–Crippen MR) is 78.7 cm³/mol. The Balaban J connectivity index is 2.02. The maximum atomic E-state index is 11.2. The molecule has 0 atom stereocenters. The van der Waals surface area contributed by atoms with Crippen LogP contribution in [0.1, 0.15) is 19.4 Å². The zero-order valence-corrected chi connectivity index (χ0v) is 13.1. The van der Waals surface area contributed by atoms with Gasteiger partial charge in [0.2, 0.25) is 21.8 Å². The van der Waals surface area contributed by atoms with Crippen LogP contribution in [0.2, 0.25) is 0 Å². The fraction of sp³-hybridized carbons (Fsp3) is 0.615. The van der Waals surface area contributed by atoms with Gasteiger partial charge in [-0.25, -0.2) is 13.6 Å². The number of sulfonamides is 1. The van der Waals surface area contributed by atoms with Gasteiger partial charge in [0.25, 0.3) is 0 Å². The molecule has 1 aromatic heterocycles. The summed E-state index contributed by atoms with van der Waals surface area (Å²) in [6, 6.07) is 3.64. The molecule has 118 valence electrons. The van der Waals surface area contributed by atoms with Crippen LogP contribution in [-0.2, 0) is 16.6 Å². The second kappa shape index (κ2) is 6.17. The fourth-order valence-electron chi connectivity index (χ4n) is 2.09. The number of nitrogens with one attached hydrogen (secondary N) is 1. The summed E-state index contributed by atoms with van der Waals surface area (Å²) in [6.45, 7) is 5.80. The summed E-state index contributed by atoms with van der Waals surface area (Å²) in [7, 11) is -3.54. The van der Waals surface area contributed by atoms with E-state index < -0.39 is 15.4 Å². The van der Waals surface area contributed by atoms with E-state index >= 15 is 0 Å². The van der Waals surface area contributed by atoms with Gasteiger partial charge in [-0.2, -0.15) is 4.98 Å². The van der Waals surface area contributed by atoms with Crippen molar-refractivity contribution >= 4 is 10.0 Å². The minimum atomic E-state index is -3.54. The molecular formula is C13H21N3O4S. The second-order valence-electron chi connectivity index (χ2n) is 5.90. The number of hydrogen-bond acceptors (Lipinski definition) is 6. The summed E-state index contributed by atoms with van der Waals surface area (Å²) in [6.07, 6.45) is 0. The van der Waals surface area contributed by atoms with Crippen molar-refractivity contribution in [3.8, 4) is 11.8 Å². The summed E-state index contributed by atoms with van der Waals surface area (Å²) in [5, 5.41) is 8.29. The highest BCUT2D eigenvalue weighted by atomic mass is 32.2. The first-order valence-electron chi connectivity index (χ1n) is 6.72. The zero-order chi connectivity index (χ0) is 15.5. The van der Waals surface area contributed by atoms with Gasteiger partial charge in [0.1, 0.15) is 6.61 Å². The van der Waals surface area contributed by atoms with E-state index in [-0.39, 0.29) is 12.4 Å². The van der Waals surface area contributed by atoms with Gasteiger partial charge in [-0.3, -0.25) is 0 Å². The van der Waals surface area contributed by atoms with Gasteiger partial charge < -0.3 is 14.8 Å². The van der Waals surface area contributed by atoms with E-state index in [4.69, 9.17) is 14.6 Å². The number of hydrogen-bond donors (Lipinski definition) is 2. The molecule has 3 N–H and O–H groups in total. The highest BCUT2D eigenvalue weighted by Crippen LogP contribution is 2.24. The van der Waals surface area contributed by atoms with Crippen LogP contribution in [0.15, 0.2) is 12.1 Å². The van der Waals surface area contributed by atoms with Crippen molar-refractivity contribution in [2.24, 2.45) is 10.6 Å². The lowest BCUT2D eigenvalue weighted by Crippen LogP contribution is -2.33. The molecule has 21 heavy (non-hydrogen) atoms. The van der Waals surface area contributed by atoms with E-state index in [2.05, 4.69) is 10.3 Å². The molecule has 0 aromatic carbocycles. The topological polar surface area (TPSA) is 104 Å². The predicted octanol–water partition coefficient (Wildman–Crippen LogP) is 0.257. The molecule has 7 nitrogen and oxygen atoms in total. The first-order valence-corrected chi connectivity index (χ1v) is 8.43. The molecule has 0 spiro atoms. The zero-order valence-electron chi connectivity index (χ0n) is 12.3. The van der Waals surface area contributed by atoms with E-state index in [1.807, 2.05) is 6.07 Å². The molecular weight excluding hydrogens is 294 g/mol. The van der Waals surface area contributed by atoms with Gasteiger partial charge >= 0.3 is 0 Å². The number of aromatic nitrogens is 1. The molecule has 0 saturated heterocycles. The van der Waals surface area contributed by atoms with E-state index in [1.54, 1.807) is 19.9 Å². The number of pyridine rings is 1. The Kier molecular flexibility index (Phi) is 4.70. The molecule has 8 heteroatoms. The first kappa shape index (κ1) is 16.0. The highest BCUT2D eigenvalue weighted by Gasteiger charge is 2.25. The van der Waals surface area contributed by atoms with Crippen molar-refractivity contribution in [3.63, 3.8) is 0 Å². The van der Waals surface area contributed by atoms with Crippen LogP contribution in [0.5, 0.6) is 11.8 Å². The minimum absolute atomic E-state index is 0.147. The molecule has 0 bridgehead atoms.